The number of rotatable bonds is 6. The molecule has 1 aromatic heterocycles. The lowest BCUT2D eigenvalue weighted by Gasteiger charge is -2.32. The number of hydrogen-bond acceptors (Lipinski definition) is 4. The topological polar surface area (TPSA) is 35.5 Å². The van der Waals surface area contributed by atoms with Gasteiger partial charge in [0.2, 0.25) is 0 Å². The van der Waals surface area contributed by atoms with Gasteiger partial charge >= 0.3 is 0 Å². The fourth-order valence-corrected chi connectivity index (χ4v) is 3.12. The predicted octanol–water partition coefficient (Wildman–Crippen LogP) is 3.48. The lowest BCUT2D eigenvalue weighted by molar-refractivity contribution is 0.258. The molecule has 3 nitrogen and oxygen atoms in total. The van der Waals surface area contributed by atoms with E-state index in [1.54, 1.807) is 11.3 Å². The van der Waals surface area contributed by atoms with Crippen LogP contribution in [0.4, 0.5) is 5.69 Å². The fourth-order valence-electron chi connectivity index (χ4n) is 2.42. The molecule has 0 aliphatic carbocycles. The molecule has 4 heteroatoms. The Morgan fingerprint density at radius 3 is 2.45 bits per heavy atom. The van der Waals surface area contributed by atoms with Gasteiger partial charge in [0.15, 0.2) is 0 Å². The summed E-state index contributed by atoms with van der Waals surface area (Å²) >= 11 is 1.79. The van der Waals surface area contributed by atoms with Crippen molar-refractivity contribution in [1.82, 2.24) is 4.90 Å². The molecule has 0 saturated heterocycles. The van der Waals surface area contributed by atoms with Gasteiger partial charge in [-0.25, -0.2) is 0 Å². The van der Waals surface area contributed by atoms with E-state index < -0.39 is 5.54 Å². The van der Waals surface area contributed by atoms with Crippen molar-refractivity contribution in [1.29, 1.82) is 0 Å². The highest BCUT2D eigenvalue weighted by Crippen LogP contribution is 2.22. The van der Waals surface area contributed by atoms with Crippen molar-refractivity contribution >= 4 is 17.0 Å². The third-order valence-electron chi connectivity index (χ3n) is 3.74. The fraction of sp³-hybridized carbons (Fsp3) is 0.222. The number of nitrogens with one attached hydrogen (secondary N) is 1. The van der Waals surface area contributed by atoms with Crippen molar-refractivity contribution in [2.75, 3.05) is 18.5 Å². The zero-order valence-corrected chi connectivity index (χ0v) is 13.2. The average molecular weight is 312 g/mol. The summed E-state index contributed by atoms with van der Waals surface area (Å²) in [4.78, 5) is 3.54. The molecule has 0 amide bonds. The van der Waals surface area contributed by atoms with Gasteiger partial charge in [-0.15, -0.1) is 11.3 Å². The monoisotopic (exact) mass is 312 g/mol. The van der Waals surface area contributed by atoms with Crippen LogP contribution in [-0.4, -0.2) is 28.7 Å². The van der Waals surface area contributed by atoms with Gasteiger partial charge in [-0.3, -0.25) is 0 Å². The van der Waals surface area contributed by atoms with Crippen LogP contribution in [-0.2, 0) is 6.42 Å². The SMILES string of the molecule is OCC1(Nc2ccccc2)C=CN(CCc2cccs2)C=C1. The summed E-state index contributed by atoms with van der Waals surface area (Å²) in [5.74, 6) is 0. The molecule has 2 heterocycles. The van der Waals surface area contributed by atoms with Gasteiger partial charge in [0.25, 0.3) is 0 Å². The predicted molar refractivity (Wildman–Crippen MR) is 92.9 cm³/mol. The quantitative estimate of drug-likeness (QED) is 0.857. The van der Waals surface area contributed by atoms with E-state index in [0.717, 1.165) is 18.7 Å². The molecular formula is C18H20N2OS. The van der Waals surface area contributed by atoms with Crippen molar-refractivity contribution in [3.63, 3.8) is 0 Å². The molecule has 2 N–H and O–H groups in total. The van der Waals surface area contributed by atoms with Gasteiger partial charge < -0.3 is 15.3 Å². The standard InChI is InChI=1S/C18H20N2OS/c21-15-18(19-16-5-2-1-3-6-16)9-12-20(13-10-18)11-8-17-7-4-14-22-17/h1-7,9-10,12-14,19,21H,8,11,15H2. The molecule has 114 valence electrons. The van der Waals surface area contributed by atoms with Gasteiger partial charge in [0.1, 0.15) is 5.54 Å². The molecule has 22 heavy (non-hydrogen) atoms. The summed E-state index contributed by atoms with van der Waals surface area (Å²) < 4.78 is 0. The second-order valence-corrected chi connectivity index (χ2v) is 6.42. The Balaban J connectivity index is 1.62. The van der Waals surface area contributed by atoms with Gasteiger partial charge in [-0.2, -0.15) is 0 Å². The Morgan fingerprint density at radius 2 is 1.82 bits per heavy atom. The minimum absolute atomic E-state index is 0.0215. The number of anilines is 1. The molecule has 1 aromatic carbocycles. The summed E-state index contributed by atoms with van der Waals surface area (Å²) in [6, 6.07) is 14.2. The molecule has 0 unspecified atom stereocenters. The second kappa shape index (κ2) is 6.81. The van der Waals surface area contributed by atoms with E-state index >= 15 is 0 Å². The highest BCUT2D eigenvalue weighted by Gasteiger charge is 2.25. The first-order valence-electron chi connectivity index (χ1n) is 7.41. The summed E-state index contributed by atoms with van der Waals surface area (Å²) in [6.07, 6.45) is 9.16. The lowest BCUT2D eigenvalue weighted by atomic mass is 9.98. The van der Waals surface area contributed by atoms with Crippen molar-refractivity contribution in [2.45, 2.75) is 12.0 Å². The summed E-state index contributed by atoms with van der Waals surface area (Å²) in [5.41, 5.74) is 0.471. The average Bonchev–Trinajstić information content (AvgIpc) is 3.09. The Bertz CT molecular complexity index is 620. The van der Waals surface area contributed by atoms with Crippen molar-refractivity contribution in [3.8, 4) is 0 Å². The zero-order valence-electron chi connectivity index (χ0n) is 12.4. The highest BCUT2D eigenvalue weighted by molar-refractivity contribution is 7.09. The molecule has 0 radical (unpaired) electrons. The first-order chi connectivity index (χ1) is 10.8. The van der Waals surface area contributed by atoms with Gasteiger partial charge in [0, 0.05) is 29.5 Å². The molecule has 0 fully saturated rings. The van der Waals surface area contributed by atoms with Crippen LogP contribution in [0.25, 0.3) is 0 Å². The van der Waals surface area contributed by atoms with E-state index in [0.29, 0.717) is 0 Å². The first kappa shape index (κ1) is 14.9. The van der Waals surface area contributed by atoms with E-state index in [9.17, 15) is 5.11 Å². The van der Waals surface area contributed by atoms with Crippen LogP contribution in [0.15, 0.2) is 72.4 Å². The number of thiophene rings is 1. The number of hydrogen-bond donors (Lipinski definition) is 2. The van der Waals surface area contributed by atoms with Gasteiger partial charge in [-0.05, 0) is 42.2 Å². The Kier molecular flexibility index (Phi) is 4.61. The molecule has 1 aliphatic rings. The minimum Gasteiger partial charge on any atom is -0.393 e. The molecule has 0 atom stereocenters. The van der Waals surface area contributed by atoms with E-state index in [1.165, 1.54) is 4.88 Å². The van der Waals surface area contributed by atoms with Crippen LogP contribution < -0.4 is 5.32 Å². The molecule has 0 bridgehead atoms. The maximum atomic E-state index is 9.79. The molecule has 0 spiro atoms. The molecular weight excluding hydrogens is 292 g/mol. The van der Waals surface area contributed by atoms with Crippen molar-refractivity contribution < 1.29 is 5.11 Å². The van der Waals surface area contributed by atoms with Crippen molar-refractivity contribution in [3.05, 3.63) is 77.3 Å². The number of benzene rings is 1. The minimum atomic E-state index is -0.527. The third kappa shape index (κ3) is 3.59. The number of aliphatic hydroxyl groups excluding tert-OH is 1. The normalized spacial score (nSPS) is 16.0. The number of aliphatic hydroxyl groups is 1. The lowest BCUT2D eigenvalue weighted by Crippen LogP contribution is -2.40. The Hall–Kier alpha value is -2.04. The number of nitrogens with zero attached hydrogens (tertiary/aromatic N) is 1. The zero-order chi connectivity index (χ0) is 15.3. The summed E-state index contributed by atoms with van der Waals surface area (Å²) in [7, 11) is 0. The second-order valence-electron chi connectivity index (χ2n) is 5.39. The van der Waals surface area contributed by atoms with Crippen LogP contribution >= 0.6 is 11.3 Å². The smallest absolute Gasteiger partial charge is 0.101 e. The molecule has 0 saturated carbocycles. The van der Waals surface area contributed by atoms with Crippen LogP contribution in [0.5, 0.6) is 0 Å². The van der Waals surface area contributed by atoms with Crippen molar-refractivity contribution in [2.24, 2.45) is 0 Å². The van der Waals surface area contributed by atoms with Crippen LogP contribution in [0.1, 0.15) is 4.88 Å². The van der Waals surface area contributed by atoms with Gasteiger partial charge in [0.05, 0.1) is 6.61 Å². The molecule has 2 aromatic rings. The summed E-state index contributed by atoms with van der Waals surface area (Å²) in [5, 5.41) is 15.3. The van der Waals surface area contributed by atoms with Gasteiger partial charge in [-0.1, -0.05) is 24.3 Å². The van der Waals surface area contributed by atoms with E-state index in [4.69, 9.17) is 0 Å². The Morgan fingerprint density at radius 1 is 1.05 bits per heavy atom. The highest BCUT2D eigenvalue weighted by atomic mass is 32.1. The van der Waals surface area contributed by atoms with E-state index in [-0.39, 0.29) is 6.61 Å². The first-order valence-corrected chi connectivity index (χ1v) is 8.29. The largest absolute Gasteiger partial charge is 0.393 e. The third-order valence-corrected chi connectivity index (χ3v) is 4.67. The van der Waals surface area contributed by atoms with Crippen LogP contribution in [0, 0.1) is 0 Å². The van der Waals surface area contributed by atoms with Crippen LogP contribution in [0.2, 0.25) is 0 Å². The van der Waals surface area contributed by atoms with Crippen LogP contribution in [0.3, 0.4) is 0 Å². The maximum absolute atomic E-state index is 9.79. The Labute approximate surface area is 135 Å². The summed E-state index contributed by atoms with van der Waals surface area (Å²) in [6.45, 7) is 0.966. The number of para-hydroxylation sites is 1. The van der Waals surface area contributed by atoms with E-state index in [2.05, 4.69) is 27.7 Å². The maximum Gasteiger partial charge on any atom is 0.101 e. The molecule has 3 rings (SSSR count). The molecule has 1 aliphatic heterocycles. The van der Waals surface area contributed by atoms with E-state index in [1.807, 2.05) is 54.9 Å².